The number of amides is 1. The van der Waals surface area contributed by atoms with E-state index >= 15 is 0 Å². The van der Waals surface area contributed by atoms with E-state index in [1.807, 2.05) is 13.8 Å². The Bertz CT molecular complexity index is 378. The number of halogens is 1. The van der Waals surface area contributed by atoms with Crippen LogP contribution in [0.4, 0.5) is 0 Å². The molecule has 0 radical (unpaired) electrons. The van der Waals surface area contributed by atoms with Gasteiger partial charge in [-0.2, -0.15) is 4.31 Å². The van der Waals surface area contributed by atoms with Crippen LogP contribution in [0, 0.1) is 5.92 Å². The molecule has 2 N–H and O–H groups in total. The van der Waals surface area contributed by atoms with Crippen molar-refractivity contribution >= 4 is 28.3 Å². The lowest BCUT2D eigenvalue weighted by molar-refractivity contribution is -0.134. The molecule has 18 heavy (non-hydrogen) atoms. The SMILES string of the molecule is CC(C)[C@H](N)C(=O)N1CCN(S(C)(=O)=O)CC1.Cl. The molecule has 1 atom stereocenters. The second-order valence-corrected chi connectivity index (χ2v) is 6.74. The molecular weight excluding hydrogens is 278 g/mol. The van der Waals surface area contributed by atoms with Gasteiger partial charge < -0.3 is 10.6 Å². The molecule has 1 heterocycles. The molecule has 108 valence electrons. The highest BCUT2D eigenvalue weighted by Gasteiger charge is 2.29. The molecular formula is C10H22ClN3O3S. The Balaban J connectivity index is 0.00000289. The molecule has 0 aliphatic carbocycles. The van der Waals surface area contributed by atoms with Gasteiger partial charge in [0.2, 0.25) is 15.9 Å². The van der Waals surface area contributed by atoms with Gasteiger partial charge in [0.15, 0.2) is 0 Å². The average Bonchev–Trinajstić information content (AvgIpc) is 2.26. The van der Waals surface area contributed by atoms with Gasteiger partial charge in [-0.3, -0.25) is 4.79 Å². The van der Waals surface area contributed by atoms with E-state index in [0.717, 1.165) is 0 Å². The predicted octanol–water partition coefficient (Wildman–Crippen LogP) is -0.505. The second kappa shape index (κ2) is 6.70. The minimum Gasteiger partial charge on any atom is -0.339 e. The first-order valence-corrected chi connectivity index (χ1v) is 7.58. The van der Waals surface area contributed by atoms with E-state index in [2.05, 4.69) is 0 Å². The molecule has 1 rings (SSSR count). The molecule has 1 aliphatic rings. The Labute approximate surface area is 115 Å². The molecule has 1 saturated heterocycles. The van der Waals surface area contributed by atoms with Crippen LogP contribution < -0.4 is 5.73 Å². The fourth-order valence-electron chi connectivity index (χ4n) is 1.74. The normalized spacial score (nSPS) is 19.5. The summed E-state index contributed by atoms with van der Waals surface area (Å²) in [6, 6.07) is -0.500. The van der Waals surface area contributed by atoms with Crippen molar-refractivity contribution in [2.75, 3.05) is 32.4 Å². The van der Waals surface area contributed by atoms with Crippen molar-refractivity contribution in [3.05, 3.63) is 0 Å². The maximum Gasteiger partial charge on any atom is 0.239 e. The highest BCUT2D eigenvalue weighted by molar-refractivity contribution is 7.88. The van der Waals surface area contributed by atoms with E-state index in [1.54, 1.807) is 4.90 Å². The van der Waals surface area contributed by atoms with Crippen LogP contribution >= 0.6 is 12.4 Å². The third-order valence-corrected chi connectivity index (χ3v) is 4.33. The fraction of sp³-hybridized carbons (Fsp3) is 0.900. The van der Waals surface area contributed by atoms with Crippen LogP contribution in [0.25, 0.3) is 0 Å². The van der Waals surface area contributed by atoms with E-state index in [-0.39, 0.29) is 24.2 Å². The zero-order chi connectivity index (χ0) is 13.2. The highest BCUT2D eigenvalue weighted by atomic mass is 35.5. The molecule has 1 amide bonds. The summed E-state index contributed by atoms with van der Waals surface area (Å²) in [5.74, 6) is 0.00332. The fourth-order valence-corrected chi connectivity index (χ4v) is 2.56. The largest absolute Gasteiger partial charge is 0.339 e. The number of nitrogens with two attached hydrogens (primary N) is 1. The smallest absolute Gasteiger partial charge is 0.239 e. The van der Waals surface area contributed by atoms with E-state index in [0.29, 0.717) is 26.2 Å². The van der Waals surface area contributed by atoms with Crippen molar-refractivity contribution in [3.8, 4) is 0 Å². The van der Waals surface area contributed by atoms with Crippen molar-refractivity contribution in [1.29, 1.82) is 0 Å². The summed E-state index contributed by atoms with van der Waals surface area (Å²) in [7, 11) is -3.15. The summed E-state index contributed by atoms with van der Waals surface area (Å²) in [6.07, 6.45) is 1.18. The number of carbonyl (C=O) groups is 1. The quantitative estimate of drug-likeness (QED) is 0.761. The van der Waals surface area contributed by atoms with Crippen LogP contribution in [0.1, 0.15) is 13.8 Å². The van der Waals surface area contributed by atoms with E-state index < -0.39 is 16.1 Å². The number of nitrogens with zero attached hydrogens (tertiary/aromatic N) is 2. The number of piperazine rings is 1. The molecule has 1 aliphatic heterocycles. The molecule has 6 nitrogen and oxygen atoms in total. The van der Waals surface area contributed by atoms with E-state index in [9.17, 15) is 13.2 Å². The van der Waals surface area contributed by atoms with Crippen molar-refractivity contribution < 1.29 is 13.2 Å². The minimum atomic E-state index is -3.15. The molecule has 1 fully saturated rings. The Hall–Kier alpha value is -0.370. The van der Waals surface area contributed by atoms with Gasteiger partial charge in [-0.15, -0.1) is 12.4 Å². The zero-order valence-electron chi connectivity index (χ0n) is 11.0. The molecule has 8 heteroatoms. The lowest BCUT2D eigenvalue weighted by Gasteiger charge is -2.35. The van der Waals surface area contributed by atoms with E-state index in [1.165, 1.54) is 10.6 Å². The summed E-state index contributed by atoms with van der Waals surface area (Å²) in [6.45, 7) is 5.36. The Morgan fingerprint density at radius 1 is 1.17 bits per heavy atom. The van der Waals surface area contributed by atoms with Crippen LogP contribution in [-0.2, 0) is 14.8 Å². The standard InChI is InChI=1S/C10H21N3O3S.ClH/c1-8(2)9(11)10(14)12-4-6-13(7-5-12)17(3,15)16;/h8-9H,4-7,11H2,1-3H3;1H/t9-;/m0./s1. The Kier molecular flexibility index (Phi) is 6.56. The summed E-state index contributed by atoms with van der Waals surface area (Å²) >= 11 is 0. The third kappa shape index (κ3) is 4.38. The maximum atomic E-state index is 11.9. The van der Waals surface area contributed by atoms with Crippen LogP contribution in [0.5, 0.6) is 0 Å². The Morgan fingerprint density at radius 2 is 1.61 bits per heavy atom. The topological polar surface area (TPSA) is 83.7 Å². The Morgan fingerprint density at radius 3 is 1.94 bits per heavy atom. The van der Waals surface area contributed by atoms with Gasteiger partial charge in [0.25, 0.3) is 0 Å². The first-order valence-electron chi connectivity index (χ1n) is 5.73. The minimum absolute atomic E-state index is 0. The van der Waals surface area contributed by atoms with Gasteiger partial charge in [0.05, 0.1) is 12.3 Å². The first-order chi connectivity index (χ1) is 7.73. The number of sulfonamides is 1. The molecule has 0 aromatic rings. The van der Waals surface area contributed by atoms with Crippen molar-refractivity contribution in [3.63, 3.8) is 0 Å². The lowest BCUT2D eigenvalue weighted by Crippen LogP contribution is -2.55. The monoisotopic (exact) mass is 299 g/mol. The zero-order valence-corrected chi connectivity index (χ0v) is 12.6. The summed E-state index contributed by atoms with van der Waals surface area (Å²) < 4.78 is 24.0. The number of hydrogen-bond donors (Lipinski definition) is 1. The third-order valence-electron chi connectivity index (χ3n) is 3.02. The molecule has 0 bridgehead atoms. The number of hydrogen-bond acceptors (Lipinski definition) is 4. The molecule has 0 aromatic carbocycles. The van der Waals surface area contributed by atoms with Gasteiger partial charge in [0, 0.05) is 26.2 Å². The highest BCUT2D eigenvalue weighted by Crippen LogP contribution is 2.09. The van der Waals surface area contributed by atoms with Crippen molar-refractivity contribution in [1.82, 2.24) is 9.21 Å². The average molecular weight is 300 g/mol. The van der Waals surface area contributed by atoms with E-state index in [4.69, 9.17) is 5.73 Å². The molecule has 0 aromatic heterocycles. The summed E-state index contributed by atoms with van der Waals surface area (Å²) in [4.78, 5) is 13.6. The van der Waals surface area contributed by atoms with Gasteiger partial charge >= 0.3 is 0 Å². The van der Waals surface area contributed by atoms with Gasteiger partial charge in [0.1, 0.15) is 0 Å². The summed E-state index contributed by atoms with van der Waals surface area (Å²) in [5.41, 5.74) is 5.79. The van der Waals surface area contributed by atoms with Crippen LogP contribution in [0.3, 0.4) is 0 Å². The number of carbonyl (C=O) groups excluding carboxylic acids is 1. The first kappa shape index (κ1) is 17.6. The van der Waals surface area contributed by atoms with Crippen LogP contribution in [-0.4, -0.2) is 62.0 Å². The second-order valence-electron chi connectivity index (χ2n) is 4.76. The van der Waals surface area contributed by atoms with Crippen molar-refractivity contribution in [2.45, 2.75) is 19.9 Å². The van der Waals surface area contributed by atoms with Crippen LogP contribution in [0.2, 0.25) is 0 Å². The van der Waals surface area contributed by atoms with Crippen LogP contribution in [0.15, 0.2) is 0 Å². The maximum absolute atomic E-state index is 11.9. The van der Waals surface area contributed by atoms with Crippen molar-refractivity contribution in [2.24, 2.45) is 11.7 Å². The number of rotatable bonds is 3. The predicted molar refractivity (Wildman–Crippen MR) is 73.1 cm³/mol. The molecule has 0 unspecified atom stereocenters. The lowest BCUT2D eigenvalue weighted by atomic mass is 10.0. The molecule has 0 saturated carbocycles. The van der Waals surface area contributed by atoms with Gasteiger partial charge in [-0.25, -0.2) is 8.42 Å². The van der Waals surface area contributed by atoms with Gasteiger partial charge in [-0.05, 0) is 5.92 Å². The molecule has 0 spiro atoms. The van der Waals surface area contributed by atoms with Gasteiger partial charge in [-0.1, -0.05) is 13.8 Å². The summed E-state index contributed by atoms with van der Waals surface area (Å²) in [5, 5.41) is 0.